The maximum Gasteiger partial charge on any atom is 0.213 e. The lowest BCUT2D eigenvalue weighted by atomic mass is 9.96. The monoisotopic (exact) mass is 480 g/mol. The lowest BCUT2D eigenvalue weighted by molar-refractivity contribution is 0.410. The highest BCUT2D eigenvalue weighted by molar-refractivity contribution is 14.0. The van der Waals surface area contributed by atoms with Crippen LogP contribution in [0.5, 0.6) is 0 Å². The van der Waals surface area contributed by atoms with Crippen LogP contribution in [-0.4, -0.2) is 39.8 Å². The quantitative estimate of drug-likeness (QED) is 0.318. The topological polar surface area (TPSA) is 82.6 Å². The van der Waals surface area contributed by atoms with Crippen molar-refractivity contribution in [2.24, 2.45) is 4.99 Å². The third-order valence-electron chi connectivity index (χ3n) is 4.17. The van der Waals surface area contributed by atoms with Crippen molar-refractivity contribution in [2.75, 3.05) is 19.3 Å². The summed E-state index contributed by atoms with van der Waals surface area (Å²) in [5, 5.41) is 6.46. The lowest BCUT2D eigenvalue weighted by Gasteiger charge is -2.24. The summed E-state index contributed by atoms with van der Waals surface area (Å²) in [6.45, 7) is 0.648. The molecule has 1 aliphatic rings. The van der Waals surface area contributed by atoms with E-state index in [9.17, 15) is 8.42 Å². The van der Waals surface area contributed by atoms with Crippen molar-refractivity contribution in [3.8, 4) is 0 Å². The molecule has 1 aromatic rings. The van der Waals surface area contributed by atoms with Gasteiger partial charge in [-0.1, -0.05) is 49.6 Å². The van der Waals surface area contributed by atoms with Crippen LogP contribution in [0.25, 0.3) is 0 Å². The van der Waals surface area contributed by atoms with Gasteiger partial charge in [-0.25, -0.2) is 13.1 Å². The van der Waals surface area contributed by atoms with E-state index in [-0.39, 0.29) is 29.7 Å². The van der Waals surface area contributed by atoms with Crippen molar-refractivity contribution in [1.29, 1.82) is 0 Å². The van der Waals surface area contributed by atoms with Gasteiger partial charge in [0, 0.05) is 26.2 Å². The Morgan fingerprint density at radius 2 is 1.84 bits per heavy atom. The van der Waals surface area contributed by atoms with Crippen LogP contribution in [0.4, 0.5) is 0 Å². The summed E-state index contributed by atoms with van der Waals surface area (Å²) in [6, 6.07) is 9.94. The fourth-order valence-electron chi connectivity index (χ4n) is 2.80. The zero-order chi connectivity index (χ0) is 17.3. The second-order valence-electron chi connectivity index (χ2n) is 6.10. The highest BCUT2D eigenvalue weighted by atomic mass is 127. The minimum absolute atomic E-state index is 0. The molecule has 1 aromatic carbocycles. The van der Waals surface area contributed by atoms with E-state index in [1.165, 1.54) is 19.3 Å². The summed E-state index contributed by atoms with van der Waals surface area (Å²) in [6.07, 6.45) is 6.09. The average Bonchev–Trinajstić information content (AvgIpc) is 2.61. The Bertz CT molecular complexity index is 617. The summed E-state index contributed by atoms with van der Waals surface area (Å²) < 4.78 is 26.7. The molecule has 0 amide bonds. The molecule has 3 N–H and O–H groups in total. The van der Waals surface area contributed by atoms with Crippen molar-refractivity contribution in [2.45, 2.75) is 44.7 Å². The molecule has 0 aliphatic heterocycles. The van der Waals surface area contributed by atoms with Crippen molar-refractivity contribution in [3.05, 3.63) is 35.9 Å². The van der Waals surface area contributed by atoms with Crippen LogP contribution in [0.3, 0.4) is 0 Å². The maximum absolute atomic E-state index is 12.1. The Labute approximate surface area is 168 Å². The van der Waals surface area contributed by atoms with E-state index in [1.807, 2.05) is 30.3 Å². The number of halogens is 1. The number of hydrogen-bond donors (Lipinski definition) is 3. The van der Waals surface area contributed by atoms with Crippen LogP contribution in [0.2, 0.25) is 0 Å². The molecule has 0 heterocycles. The van der Waals surface area contributed by atoms with Gasteiger partial charge in [0.25, 0.3) is 0 Å². The molecule has 25 heavy (non-hydrogen) atoms. The molecule has 0 unspecified atom stereocenters. The zero-order valence-corrected chi connectivity index (χ0v) is 17.8. The fourth-order valence-corrected chi connectivity index (χ4v) is 3.70. The molecule has 1 saturated carbocycles. The van der Waals surface area contributed by atoms with Gasteiger partial charge >= 0.3 is 0 Å². The Morgan fingerprint density at radius 1 is 1.16 bits per heavy atom. The van der Waals surface area contributed by atoms with E-state index in [0.29, 0.717) is 25.1 Å². The molecule has 2 rings (SSSR count). The third-order valence-corrected chi connectivity index (χ3v) is 5.50. The molecule has 8 heteroatoms. The third kappa shape index (κ3) is 8.87. The molecule has 0 saturated heterocycles. The van der Waals surface area contributed by atoms with Crippen LogP contribution >= 0.6 is 24.0 Å². The Morgan fingerprint density at radius 3 is 2.48 bits per heavy atom. The largest absolute Gasteiger partial charge is 0.355 e. The van der Waals surface area contributed by atoms with E-state index < -0.39 is 10.0 Å². The predicted molar refractivity (Wildman–Crippen MR) is 114 cm³/mol. The summed E-state index contributed by atoms with van der Waals surface area (Å²) in [4.78, 5) is 4.17. The predicted octanol–water partition coefficient (Wildman–Crippen LogP) is 2.22. The van der Waals surface area contributed by atoms with Crippen molar-refractivity contribution in [3.63, 3.8) is 0 Å². The van der Waals surface area contributed by atoms with Gasteiger partial charge < -0.3 is 10.6 Å². The summed E-state index contributed by atoms with van der Waals surface area (Å²) in [5.74, 6) is 0.700. The van der Waals surface area contributed by atoms with Crippen LogP contribution in [0, 0.1) is 0 Å². The van der Waals surface area contributed by atoms with Gasteiger partial charge in [0.1, 0.15) is 0 Å². The molecule has 1 aliphatic carbocycles. The summed E-state index contributed by atoms with van der Waals surface area (Å²) in [7, 11) is -1.60. The SMILES string of the molecule is CN=C(NCCS(=O)(=O)NCc1ccccc1)NC1CCCCC1.I. The van der Waals surface area contributed by atoms with Crippen LogP contribution < -0.4 is 15.4 Å². The molecular weight excluding hydrogens is 451 g/mol. The standard InChI is InChI=1S/C17H28N4O2S.HI/c1-18-17(21-16-10-6-3-7-11-16)19-12-13-24(22,23)20-14-15-8-4-2-5-9-15;/h2,4-5,8-9,16,20H,3,6-7,10-14H2,1H3,(H2,18,19,21);1H. The Kier molecular flexibility index (Phi) is 10.4. The minimum Gasteiger partial charge on any atom is -0.355 e. The normalized spacial score (nSPS) is 16.1. The number of aliphatic imine (C=N–C) groups is 1. The number of nitrogens with one attached hydrogen (secondary N) is 3. The molecule has 6 nitrogen and oxygen atoms in total. The van der Waals surface area contributed by atoms with Gasteiger partial charge in [0.05, 0.1) is 5.75 Å². The Balaban J connectivity index is 0.00000312. The van der Waals surface area contributed by atoms with Gasteiger partial charge in [-0.05, 0) is 18.4 Å². The number of hydrogen-bond acceptors (Lipinski definition) is 3. The lowest BCUT2D eigenvalue weighted by Crippen LogP contribution is -2.46. The first-order chi connectivity index (χ1) is 11.6. The van der Waals surface area contributed by atoms with Crippen LogP contribution in [-0.2, 0) is 16.6 Å². The number of nitrogens with zero attached hydrogens (tertiary/aromatic N) is 1. The van der Waals surface area contributed by atoms with E-state index in [1.54, 1.807) is 7.05 Å². The Hall–Kier alpha value is -0.870. The maximum atomic E-state index is 12.1. The molecule has 0 atom stereocenters. The van der Waals surface area contributed by atoms with Crippen molar-refractivity contribution in [1.82, 2.24) is 15.4 Å². The molecule has 0 spiro atoms. The van der Waals surface area contributed by atoms with Crippen molar-refractivity contribution >= 4 is 40.0 Å². The molecule has 0 aromatic heterocycles. The molecule has 142 valence electrons. The first-order valence-corrected chi connectivity index (χ1v) is 10.2. The zero-order valence-electron chi connectivity index (χ0n) is 14.7. The van der Waals surface area contributed by atoms with E-state index in [0.717, 1.165) is 18.4 Å². The van der Waals surface area contributed by atoms with Crippen LogP contribution in [0.1, 0.15) is 37.7 Å². The van der Waals surface area contributed by atoms with Gasteiger partial charge in [0.15, 0.2) is 5.96 Å². The summed E-state index contributed by atoms with van der Waals surface area (Å²) >= 11 is 0. The van der Waals surface area contributed by atoms with Crippen molar-refractivity contribution < 1.29 is 8.42 Å². The van der Waals surface area contributed by atoms with E-state index in [4.69, 9.17) is 0 Å². The first-order valence-electron chi connectivity index (χ1n) is 8.57. The fraction of sp³-hybridized carbons (Fsp3) is 0.588. The highest BCUT2D eigenvalue weighted by Gasteiger charge is 2.15. The molecular formula is C17H29IN4O2S. The smallest absolute Gasteiger partial charge is 0.213 e. The first kappa shape index (κ1) is 22.2. The van der Waals surface area contributed by atoms with Gasteiger partial charge in [-0.15, -0.1) is 24.0 Å². The van der Waals surface area contributed by atoms with Gasteiger partial charge in [0.2, 0.25) is 10.0 Å². The van der Waals surface area contributed by atoms with Crippen LogP contribution in [0.15, 0.2) is 35.3 Å². The number of sulfonamides is 1. The van der Waals surface area contributed by atoms with Gasteiger partial charge in [-0.2, -0.15) is 0 Å². The highest BCUT2D eigenvalue weighted by Crippen LogP contribution is 2.17. The van der Waals surface area contributed by atoms with E-state index >= 15 is 0 Å². The molecule has 1 fully saturated rings. The second kappa shape index (κ2) is 11.7. The molecule has 0 bridgehead atoms. The minimum atomic E-state index is -3.31. The number of benzene rings is 1. The molecule has 0 radical (unpaired) electrons. The number of rotatable bonds is 7. The van der Waals surface area contributed by atoms with Gasteiger partial charge in [-0.3, -0.25) is 4.99 Å². The number of guanidine groups is 1. The average molecular weight is 480 g/mol. The second-order valence-corrected chi connectivity index (χ2v) is 8.03. The summed E-state index contributed by atoms with van der Waals surface area (Å²) in [5.41, 5.74) is 0.948. The van der Waals surface area contributed by atoms with E-state index in [2.05, 4.69) is 20.3 Å².